The van der Waals surface area contributed by atoms with E-state index in [1.807, 2.05) is 34.9 Å². The quantitative estimate of drug-likeness (QED) is 0.404. The van der Waals surface area contributed by atoms with Gasteiger partial charge in [-0.25, -0.2) is 13.9 Å². The molecular formula is C13H15BF4N2O3. The minimum Gasteiger partial charge on any atom is -0.507 e. The Labute approximate surface area is 129 Å². The zero-order valence-electron chi connectivity index (χ0n) is 12.2. The van der Waals surface area contributed by atoms with Gasteiger partial charge in [0, 0.05) is 0 Å². The Morgan fingerprint density at radius 1 is 1.30 bits per heavy atom. The zero-order valence-corrected chi connectivity index (χ0v) is 12.2. The van der Waals surface area contributed by atoms with Crippen LogP contribution in [0.25, 0.3) is 0 Å². The maximum Gasteiger partial charge on any atom is 0.673 e. The predicted molar refractivity (Wildman–Crippen MR) is 74.2 cm³/mol. The molecule has 0 atom stereocenters. The number of ether oxygens (including phenoxy) is 1. The van der Waals surface area contributed by atoms with Crippen LogP contribution in [0.1, 0.15) is 10.4 Å². The van der Waals surface area contributed by atoms with Crippen molar-refractivity contribution in [1.82, 2.24) is 4.57 Å². The van der Waals surface area contributed by atoms with Crippen molar-refractivity contribution >= 4 is 13.2 Å². The number of para-hydroxylation sites is 1. The van der Waals surface area contributed by atoms with Gasteiger partial charge in [-0.3, -0.25) is 0 Å². The molecule has 0 unspecified atom stereocenters. The van der Waals surface area contributed by atoms with Gasteiger partial charge in [-0.2, -0.15) is 0 Å². The molecule has 0 saturated carbocycles. The number of aromatic nitrogens is 2. The largest absolute Gasteiger partial charge is 0.673 e. The van der Waals surface area contributed by atoms with Crippen LogP contribution in [0.3, 0.4) is 0 Å². The molecule has 10 heteroatoms. The minimum atomic E-state index is -6.00. The number of carbonyl (C=O) groups is 1. The summed E-state index contributed by atoms with van der Waals surface area (Å²) >= 11 is 0. The first-order valence-electron chi connectivity index (χ1n) is 6.50. The monoisotopic (exact) mass is 334 g/mol. The van der Waals surface area contributed by atoms with Gasteiger partial charge in [-0.1, -0.05) is 12.1 Å². The first-order valence-corrected chi connectivity index (χ1v) is 6.50. The van der Waals surface area contributed by atoms with Crippen molar-refractivity contribution in [3.05, 3.63) is 48.5 Å². The second kappa shape index (κ2) is 8.21. The number of carbonyl (C=O) groups excluding carboxylic acids is 1. The lowest BCUT2D eigenvalue weighted by molar-refractivity contribution is -0.671. The summed E-state index contributed by atoms with van der Waals surface area (Å²) in [6.45, 7) is 0.849. The molecule has 0 saturated heterocycles. The van der Waals surface area contributed by atoms with Gasteiger partial charge in [0.25, 0.3) is 0 Å². The topological polar surface area (TPSA) is 55.3 Å². The Balaban J connectivity index is 0.000000463. The number of phenols is 1. The van der Waals surface area contributed by atoms with E-state index in [1.165, 1.54) is 12.1 Å². The highest BCUT2D eigenvalue weighted by Gasteiger charge is 2.20. The average Bonchev–Trinajstić information content (AvgIpc) is 2.83. The standard InChI is InChI=1S/C13H14N2O3.BF4/c1-14-6-7-15(10-14)8-9-18-13(17)11-4-2-3-5-12(11)16;2-1(3,4)5/h2-7,10H,8-9H2,1H3;/q;-1/p+1. The minimum absolute atomic E-state index is 0.0603. The van der Waals surface area contributed by atoms with Gasteiger partial charge in [0.1, 0.15) is 36.9 Å². The predicted octanol–water partition coefficient (Wildman–Crippen LogP) is 2.18. The highest BCUT2D eigenvalue weighted by molar-refractivity contribution is 6.50. The number of aromatic hydroxyl groups is 1. The van der Waals surface area contributed by atoms with Gasteiger partial charge in [-0.15, -0.1) is 0 Å². The molecule has 0 amide bonds. The van der Waals surface area contributed by atoms with Crippen LogP contribution in [0.2, 0.25) is 0 Å². The first-order chi connectivity index (χ1) is 10.7. The van der Waals surface area contributed by atoms with Gasteiger partial charge in [-0.05, 0) is 12.1 Å². The van der Waals surface area contributed by atoms with Gasteiger partial charge in [0.2, 0.25) is 6.33 Å². The molecule has 0 aliphatic rings. The van der Waals surface area contributed by atoms with Gasteiger partial charge < -0.3 is 27.1 Å². The SMILES string of the molecule is C[n+]1ccn(CCOC(=O)c2ccccc2O)c1.F[B-](F)(F)F. The Kier molecular flexibility index (Phi) is 6.61. The number of halogens is 4. The molecule has 1 aromatic carbocycles. The molecule has 1 aromatic heterocycles. The summed E-state index contributed by atoms with van der Waals surface area (Å²) < 4.78 is 47.9. The Bertz CT molecular complexity index is 640. The number of hydrogen-bond donors (Lipinski definition) is 1. The van der Waals surface area contributed by atoms with Crippen LogP contribution < -0.4 is 4.57 Å². The Morgan fingerprint density at radius 3 is 2.43 bits per heavy atom. The van der Waals surface area contributed by atoms with Crippen molar-refractivity contribution in [2.75, 3.05) is 6.61 Å². The van der Waals surface area contributed by atoms with Crippen LogP contribution in [0.15, 0.2) is 43.0 Å². The molecule has 2 rings (SSSR count). The Morgan fingerprint density at radius 2 is 1.91 bits per heavy atom. The third-order valence-corrected chi connectivity index (χ3v) is 2.53. The molecule has 0 aliphatic carbocycles. The van der Waals surface area contributed by atoms with Gasteiger partial charge in [0.15, 0.2) is 0 Å². The van der Waals surface area contributed by atoms with Crippen molar-refractivity contribution in [3.8, 4) is 5.75 Å². The third-order valence-electron chi connectivity index (χ3n) is 2.53. The first kappa shape index (κ1) is 18.5. The number of benzene rings is 1. The lowest BCUT2D eigenvalue weighted by atomic mass is 10.2. The van der Waals surface area contributed by atoms with Crippen molar-refractivity contribution in [2.24, 2.45) is 7.05 Å². The smallest absolute Gasteiger partial charge is 0.507 e. The summed E-state index contributed by atoms with van der Waals surface area (Å²) in [6, 6.07) is 6.34. The molecule has 126 valence electrons. The summed E-state index contributed by atoms with van der Waals surface area (Å²) in [5, 5.41) is 9.49. The van der Waals surface area contributed by atoms with E-state index < -0.39 is 13.2 Å². The molecule has 1 N–H and O–H groups in total. The number of phenolic OH excluding ortho intramolecular Hbond substituents is 1. The summed E-state index contributed by atoms with van der Waals surface area (Å²) in [7, 11) is -4.08. The molecule has 0 spiro atoms. The third kappa shape index (κ3) is 7.89. The molecule has 0 radical (unpaired) electrons. The number of nitrogens with zero attached hydrogens (tertiary/aromatic N) is 2. The van der Waals surface area contributed by atoms with Crippen LogP contribution in [0.5, 0.6) is 5.75 Å². The second-order valence-corrected chi connectivity index (χ2v) is 4.46. The lowest BCUT2D eigenvalue weighted by Gasteiger charge is -2.04. The summed E-state index contributed by atoms with van der Waals surface area (Å²) in [6.07, 6.45) is 5.70. The zero-order chi connectivity index (χ0) is 17.5. The van der Waals surface area contributed by atoms with Crippen LogP contribution in [-0.2, 0) is 18.3 Å². The Hall–Kier alpha value is -2.52. The highest BCUT2D eigenvalue weighted by Crippen LogP contribution is 2.16. The van der Waals surface area contributed by atoms with Gasteiger partial charge in [0.05, 0.1) is 7.05 Å². The van der Waals surface area contributed by atoms with Crippen LogP contribution >= 0.6 is 0 Å². The number of rotatable bonds is 4. The molecule has 0 bridgehead atoms. The van der Waals surface area contributed by atoms with E-state index in [-0.39, 0.29) is 17.9 Å². The van der Waals surface area contributed by atoms with Crippen molar-refractivity contribution in [3.63, 3.8) is 0 Å². The number of esters is 1. The lowest BCUT2D eigenvalue weighted by Crippen LogP contribution is -2.24. The average molecular weight is 334 g/mol. The van der Waals surface area contributed by atoms with E-state index in [9.17, 15) is 27.2 Å². The second-order valence-electron chi connectivity index (χ2n) is 4.46. The molecule has 2 aromatic rings. The van der Waals surface area contributed by atoms with E-state index in [0.717, 1.165) is 0 Å². The van der Waals surface area contributed by atoms with Crippen molar-refractivity contribution in [2.45, 2.75) is 6.54 Å². The van der Waals surface area contributed by atoms with E-state index in [1.54, 1.807) is 12.1 Å². The fraction of sp³-hybridized carbons (Fsp3) is 0.231. The van der Waals surface area contributed by atoms with Crippen LogP contribution in [-0.4, -0.2) is 29.5 Å². The maximum absolute atomic E-state index is 11.7. The van der Waals surface area contributed by atoms with Crippen molar-refractivity contribution in [1.29, 1.82) is 0 Å². The van der Waals surface area contributed by atoms with E-state index in [2.05, 4.69) is 0 Å². The van der Waals surface area contributed by atoms with Crippen LogP contribution in [0, 0.1) is 0 Å². The molecule has 0 aliphatic heterocycles. The van der Waals surface area contributed by atoms with E-state index in [0.29, 0.717) is 6.54 Å². The summed E-state index contributed by atoms with van der Waals surface area (Å²) in [5.74, 6) is -0.570. The summed E-state index contributed by atoms with van der Waals surface area (Å²) in [4.78, 5) is 11.7. The molecule has 5 nitrogen and oxygen atoms in total. The van der Waals surface area contributed by atoms with E-state index in [4.69, 9.17) is 4.74 Å². The number of imidazole rings is 1. The molecule has 1 heterocycles. The van der Waals surface area contributed by atoms with Crippen LogP contribution in [0.4, 0.5) is 17.3 Å². The molecule has 0 fully saturated rings. The van der Waals surface area contributed by atoms with Gasteiger partial charge >= 0.3 is 13.2 Å². The maximum atomic E-state index is 11.7. The fourth-order valence-electron chi connectivity index (χ4n) is 1.60. The summed E-state index contributed by atoms with van der Waals surface area (Å²) in [5.41, 5.74) is 0.190. The van der Waals surface area contributed by atoms with E-state index >= 15 is 0 Å². The molecule has 23 heavy (non-hydrogen) atoms. The highest BCUT2D eigenvalue weighted by atomic mass is 19.5. The number of aryl methyl sites for hydroxylation is 1. The fourth-order valence-corrected chi connectivity index (χ4v) is 1.60. The number of hydrogen-bond acceptors (Lipinski definition) is 3. The normalized spacial score (nSPS) is 10.7. The van der Waals surface area contributed by atoms with Crippen molar-refractivity contribution < 1.29 is 36.5 Å². The molecular weight excluding hydrogens is 319 g/mol.